The predicted octanol–water partition coefficient (Wildman–Crippen LogP) is 13.7. The van der Waals surface area contributed by atoms with Crippen molar-refractivity contribution in [2.24, 2.45) is 0 Å². The van der Waals surface area contributed by atoms with E-state index in [4.69, 9.17) is 18.8 Å². The maximum Gasteiger partial charge on any atom is 0.160 e. The topological polar surface area (TPSA) is 65.0 Å². The first-order chi connectivity index (χ1) is 27.7. The first-order valence-electron chi connectivity index (χ1n) is 18.7. The molecule has 0 spiro atoms. The van der Waals surface area contributed by atoms with Crippen LogP contribution in [0.1, 0.15) is 0 Å². The van der Waals surface area contributed by atoms with Crippen LogP contribution in [-0.4, -0.2) is 15.0 Å². The van der Waals surface area contributed by atoms with E-state index in [1.165, 1.54) is 0 Å². The summed E-state index contributed by atoms with van der Waals surface area (Å²) in [5.41, 5.74) is 14.3. The second-order valence-corrected chi connectivity index (χ2v) is 13.9. The normalized spacial score (nSPS) is 11.6. The Morgan fingerprint density at radius 1 is 0.339 bits per heavy atom. The number of fused-ring (bicyclic) bond motifs is 6. The van der Waals surface area contributed by atoms with Crippen LogP contribution in [-0.2, 0) is 0 Å². The lowest BCUT2D eigenvalue weighted by Gasteiger charge is -2.13. The molecule has 0 bridgehead atoms. The van der Waals surface area contributed by atoms with E-state index in [0.29, 0.717) is 5.82 Å². The van der Waals surface area contributed by atoms with E-state index in [-0.39, 0.29) is 0 Å². The summed E-state index contributed by atoms with van der Waals surface area (Å²) < 4.78 is 12.8. The molecule has 56 heavy (non-hydrogen) atoms. The molecule has 4 heterocycles. The van der Waals surface area contributed by atoms with E-state index in [1.807, 2.05) is 91.1 Å². The van der Waals surface area contributed by atoms with Gasteiger partial charge in [-0.25, -0.2) is 9.97 Å². The number of hydrogen-bond acceptors (Lipinski definition) is 5. The van der Waals surface area contributed by atoms with Crippen LogP contribution in [0.3, 0.4) is 0 Å². The van der Waals surface area contributed by atoms with E-state index in [2.05, 4.69) is 102 Å². The molecule has 4 aromatic heterocycles. The minimum absolute atomic E-state index is 0.666. The van der Waals surface area contributed by atoms with Crippen LogP contribution < -0.4 is 0 Å². The zero-order chi connectivity index (χ0) is 37.0. The van der Waals surface area contributed by atoms with Crippen LogP contribution in [0.4, 0.5) is 0 Å². The van der Waals surface area contributed by atoms with Crippen molar-refractivity contribution in [3.63, 3.8) is 0 Å². The predicted molar refractivity (Wildman–Crippen MR) is 227 cm³/mol. The molecule has 0 N–H and O–H groups in total. The Bertz CT molecular complexity index is 3240. The molecule has 0 amide bonds. The van der Waals surface area contributed by atoms with Gasteiger partial charge < -0.3 is 8.83 Å². The molecule has 0 aliphatic rings. The standard InChI is InChI=1S/C51H31N3O2/c1-2-12-34(13-3-1)51-53-44(31-45(54-51)39-15-5-4-14-38(39)43-18-10-11-29-52-43)33-23-21-32(22-24-33)37-27-26-36(49-41-17-7-9-20-47(41)56-50(37)49)35-25-28-48-42(30-35)40-16-6-8-19-46(40)55-48/h1-31H. The molecule has 0 atom stereocenters. The molecule has 0 saturated carbocycles. The van der Waals surface area contributed by atoms with Gasteiger partial charge in [-0.2, -0.15) is 0 Å². The Morgan fingerprint density at radius 3 is 1.77 bits per heavy atom. The van der Waals surface area contributed by atoms with Gasteiger partial charge in [-0.15, -0.1) is 0 Å². The number of rotatable bonds is 6. The van der Waals surface area contributed by atoms with Crippen molar-refractivity contribution in [2.75, 3.05) is 0 Å². The molecule has 7 aromatic carbocycles. The number of pyridine rings is 1. The van der Waals surface area contributed by atoms with Crippen LogP contribution >= 0.6 is 0 Å². The molecule has 5 nitrogen and oxygen atoms in total. The number of aromatic nitrogens is 3. The lowest BCUT2D eigenvalue weighted by molar-refractivity contribution is 0.669. The maximum atomic E-state index is 6.69. The Balaban J connectivity index is 1.03. The third kappa shape index (κ3) is 5.37. The number of hydrogen-bond donors (Lipinski definition) is 0. The van der Waals surface area contributed by atoms with Crippen LogP contribution in [0.2, 0.25) is 0 Å². The van der Waals surface area contributed by atoms with Crippen LogP contribution in [0.5, 0.6) is 0 Å². The van der Waals surface area contributed by atoms with Crippen LogP contribution in [0.25, 0.3) is 111 Å². The minimum Gasteiger partial charge on any atom is -0.456 e. The second kappa shape index (κ2) is 13.0. The largest absolute Gasteiger partial charge is 0.456 e. The van der Waals surface area contributed by atoms with E-state index in [0.717, 1.165) is 105 Å². The summed E-state index contributed by atoms with van der Waals surface area (Å²) in [6, 6.07) is 62.4. The van der Waals surface area contributed by atoms with E-state index < -0.39 is 0 Å². The highest BCUT2D eigenvalue weighted by Gasteiger charge is 2.19. The quantitative estimate of drug-likeness (QED) is 0.171. The van der Waals surface area contributed by atoms with E-state index >= 15 is 0 Å². The van der Waals surface area contributed by atoms with Gasteiger partial charge in [0.05, 0.1) is 17.1 Å². The molecular formula is C51H31N3O2. The van der Waals surface area contributed by atoms with Gasteiger partial charge in [-0.1, -0.05) is 133 Å². The van der Waals surface area contributed by atoms with Gasteiger partial charge >= 0.3 is 0 Å². The molecule has 0 radical (unpaired) electrons. The number of furan rings is 2. The molecular weight excluding hydrogens is 687 g/mol. The third-order valence-electron chi connectivity index (χ3n) is 10.6. The molecule has 0 fully saturated rings. The van der Waals surface area contributed by atoms with Gasteiger partial charge in [0, 0.05) is 55.6 Å². The molecule has 0 unspecified atom stereocenters. The number of nitrogens with zero attached hydrogens (tertiary/aromatic N) is 3. The van der Waals surface area contributed by atoms with Crippen molar-refractivity contribution in [3.05, 3.63) is 188 Å². The van der Waals surface area contributed by atoms with Crippen molar-refractivity contribution in [1.82, 2.24) is 15.0 Å². The Labute approximate surface area is 322 Å². The zero-order valence-electron chi connectivity index (χ0n) is 30.1. The molecule has 0 aliphatic carbocycles. The smallest absolute Gasteiger partial charge is 0.160 e. The average Bonchev–Trinajstić information content (AvgIpc) is 3.85. The maximum absolute atomic E-state index is 6.69. The minimum atomic E-state index is 0.666. The highest BCUT2D eigenvalue weighted by atomic mass is 16.3. The Kier molecular flexibility index (Phi) is 7.42. The van der Waals surface area contributed by atoms with E-state index in [1.54, 1.807) is 0 Å². The molecule has 262 valence electrons. The van der Waals surface area contributed by atoms with Gasteiger partial charge in [-0.3, -0.25) is 4.98 Å². The Morgan fingerprint density at radius 2 is 0.964 bits per heavy atom. The van der Waals surface area contributed by atoms with E-state index in [9.17, 15) is 0 Å². The van der Waals surface area contributed by atoms with Gasteiger partial charge in [0.25, 0.3) is 0 Å². The van der Waals surface area contributed by atoms with Crippen molar-refractivity contribution in [3.8, 4) is 67.4 Å². The summed E-state index contributed by atoms with van der Waals surface area (Å²) in [4.78, 5) is 14.9. The number of benzene rings is 7. The molecule has 5 heteroatoms. The van der Waals surface area contributed by atoms with Crippen LogP contribution in [0, 0.1) is 0 Å². The fourth-order valence-corrected chi connectivity index (χ4v) is 7.91. The van der Waals surface area contributed by atoms with Gasteiger partial charge in [0.1, 0.15) is 22.3 Å². The monoisotopic (exact) mass is 717 g/mol. The fraction of sp³-hybridized carbons (Fsp3) is 0. The fourth-order valence-electron chi connectivity index (χ4n) is 7.91. The molecule has 0 saturated heterocycles. The van der Waals surface area contributed by atoms with Crippen molar-refractivity contribution < 1.29 is 8.83 Å². The van der Waals surface area contributed by atoms with Crippen LogP contribution in [0.15, 0.2) is 197 Å². The second-order valence-electron chi connectivity index (χ2n) is 13.9. The first kappa shape index (κ1) is 31.9. The summed E-state index contributed by atoms with van der Waals surface area (Å²) >= 11 is 0. The summed E-state index contributed by atoms with van der Waals surface area (Å²) in [5.74, 6) is 0.666. The van der Waals surface area contributed by atoms with Gasteiger partial charge in [0.15, 0.2) is 5.82 Å². The summed E-state index contributed by atoms with van der Waals surface area (Å²) in [6.07, 6.45) is 1.82. The van der Waals surface area contributed by atoms with Crippen molar-refractivity contribution in [1.29, 1.82) is 0 Å². The summed E-state index contributed by atoms with van der Waals surface area (Å²) in [5, 5.41) is 4.38. The molecule has 11 rings (SSSR count). The highest BCUT2D eigenvalue weighted by molar-refractivity contribution is 6.17. The summed E-state index contributed by atoms with van der Waals surface area (Å²) in [7, 11) is 0. The lowest BCUT2D eigenvalue weighted by atomic mass is 9.93. The lowest BCUT2D eigenvalue weighted by Crippen LogP contribution is -1.97. The third-order valence-corrected chi connectivity index (χ3v) is 10.6. The molecule has 11 aromatic rings. The van der Waals surface area contributed by atoms with Crippen molar-refractivity contribution in [2.45, 2.75) is 0 Å². The first-order valence-corrected chi connectivity index (χ1v) is 18.7. The average molecular weight is 718 g/mol. The van der Waals surface area contributed by atoms with Gasteiger partial charge in [0.2, 0.25) is 0 Å². The highest BCUT2D eigenvalue weighted by Crippen LogP contribution is 2.43. The zero-order valence-corrected chi connectivity index (χ0v) is 30.1. The summed E-state index contributed by atoms with van der Waals surface area (Å²) in [6.45, 7) is 0. The number of para-hydroxylation sites is 2. The van der Waals surface area contributed by atoms with Gasteiger partial charge in [-0.05, 0) is 65.2 Å². The molecule has 0 aliphatic heterocycles. The van der Waals surface area contributed by atoms with Crippen molar-refractivity contribution >= 4 is 43.9 Å². The Hall–Kier alpha value is -7.63. The SMILES string of the molecule is c1ccc(-c2nc(-c3ccc(-c4ccc(-c5ccc6oc7ccccc7c6c5)c5c4oc4ccccc45)cc3)cc(-c3ccccc3-c3ccccn3)n2)cc1.